The number of aromatic carboxylic acids is 1. The zero-order valence-electron chi connectivity index (χ0n) is 24.1. The van der Waals surface area contributed by atoms with E-state index in [-0.39, 0.29) is 34.8 Å². The summed E-state index contributed by atoms with van der Waals surface area (Å²) < 4.78 is 56.1. The average molecular weight is 571 g/mol. The first kappa shape index (κ1) is 32.0. The normalized spacial score (nSPS) is 11.0. The molecule has 0 aliphatic carbocycles. The second-order valence-electron chi connectivity index (χ2n) is 10.3. The van der Waals surface area contributed by atoms with Crippen LogP contribution in [0.2, 0.25) is 0 Å². The SMILES string of the molecule is CCCCCCCCOc1ccc(-c2cc(-c3ccc(OCCCCCCC)c(F)c3)ccc2C(=O)O)c(F)c1F. The summed E-state index contributed by atoms with van der Waals surface area (Å²) in [6, 6.07) is 11.4. The minimum absolute atomic E-state index is 0.0123. The van der Waals surface area contributed by atoms with E-state index in [1.165, 1.54) is 55.3 Å². The lowest BCUT2D eigenvalue weighted by Gasteiger charge is -2.14. The molecule has 3 aromatic carbocycles. The summed E-state index contributed by atoms with van der Waals surface area (Å²) >= 11 is 0. The molecule has 0 saturated heterocycles. The molecule has 0 atom stereocenters. The number of halogens is 3. The Hall–Kier alpha value is -3.48. The first-order valence-corrected chi connectivity index (χ1v) is 14.8. The van der Waals surface area contributed by atoms with E-state index in [1.54, 1.807) is 6.07 Å². The number of benzene rings is 3. The van der Waals surface area contributed by atoms with E-state index in [2.05, 4.69) is 13.8 Å². The van der Waals surface area contributed by atoms with Crippen LogP contribution in [0.15, 0.2) is 48.5 Å². The quantitative estimate of drug-likeness (QED) is 0.155. The van der Waals surface area contributed by atoms with E-state index in [0.717, 1.165) is 57.8 Å². The van der Waals surface area contributed by atoms with Crippen LogP contribution in [0.1, 0.15) is 94.8 Å². The zero-order valence-corrected chi connectivity index (χ0v) is 24.1. The van der Waals surface area contributed by atoms with Gasteiger partial charge in [-0.05, 0) is 65.9 Å². The molecule has 4 nitrogen and oxygen atoms in total. The molecule has 0 bridgehead atoms. The Morgan fingerprint density at radius 1 is 0.634 bits per heavy atom. The molecule has 222 valence electrons. The van der Waals surface area contributed by atoms with Crippen molar-refractivity contribution in [2.75, 3.05) is 13.2 Å². The van der Waals surface area contributed by atoms with Crippen molar-refractivity contribution in [3.8, 4) is 33.8 Å². The van der Waals surface area contributed by atoms with Gasteiger partial charge >= 0.3 is 5.97 Å². The second kappa shape index (κ2) is 16.7. The Bertz CT molecular complexity index is 1280. The number of unbranched alkanes of at least 4 members (excludes halogenated alkanes) is 9. The van der Waals surface area contributed by atoms with Gasteiger partial charge in [-0.1, -0.05) is 83.8 Å². The van der Waals surface area contributed by atoms with Crippen LogP contribution in [-0.4, -0.2) is 24.3 Å². The summed E-state index contributed by atoms with van der Waals surface area (Å²) in [7, 11) is 0. The molecule has 0 amide bonds. The van der Waals surface area contributed by atoms with E-state index >= 15 is 4.39 Å². The molecule has 3 aromatic rings. The monoisotopic (exact) mass is 570 g/mol. The molecule has 0 fully saturated rings. The van der Waals surface area contributed by atoms with Crippen molar-refractivity contribution in [1.82, 2.24) is 0 Å². The molecule has 1 N–H and O–H groups in total. The highest BCUT2D eigenvalue weighted by Gasteiger charge is 2.21. The van der Waals surface area contributed by atoms with Crippen LogP contribution in [0.25, 0.3) is 22.3 Å². The number of ether oxygens (including phenoxy) is 2. The van der Waals surface area contributed by atoms with Gasteiger partial charge in [0.25, 0.3) is 0 Å². The molecule has 0 aromatic heterocycles. The van der Waals surface area contributed by atoms with E-state index < -0.39 is 23.4 Å². The number of rotatable bonds is 18. The molecule has 0 aliphatic heterocycles. The van der Waals surface area contributed by atoms with Crippen molar-refractivity contribution in [2.24, 2.45) is 0 Å². The third-order valence-electron chi connectivity index (χ3n) is 7.11. The minimum Gasteiger partial charge on any atom is -0.491 e. The zero-order chi connectivity index (χ0) is 29.6. The third kappa shape index (κ3) is 9.27. The molecule has 0 saturated carbocycles. The lowest BCUT2D eigenvalue weighted by atomic mass is 9.94. The lowest BCUT2D eigenvalue weighted by Crippen LogP contribution is -2.04. The van der Waals surface area contributed by atoms with Crippen LogP contribution in [0, 0.1) is 17.5 Å². The fraction of sp³-hybridized carbons (Fsp3) is 0.441. The van der Waals surface area contributed by atoms with Gasteiger partial charge in [0.05, 0.1) is 18.8 Å². The van der Waals surface area contributed by atoms with Crippen LogP contribution >= 0.6 is 0 Å². The molecule has 3 rings (SSSR count). The molecule has 0 unspecified atom stereocenters. The van der Waals surface area contributed by atoms with Crippen LogP contribution in [0.4, 0.5) is 13.2 Å². The standard InChI is InChI=1S/C34H41F3O4/c1-3-5-7-9-11-13-21-41-31-19-17-26(32(36)33(31)37)28-22-24(14-16-27(28)34(38)39)25-15-18-30(29(35)23-25)40-20-12-10-8-6-4-2/h14-19,22-23H,3-13,20-21H2,1-2H3,(H,38,39). The van der Waals surface area contributed by atoms with Gasteiger partial charge < -0.3 is 14.6 Å². The Balaban J connectivity index is 1.77. The fourth-order valence-electron chi connectivity index (χ4n) is 4.73. The predicted molar refractivity (Wildman–Crippen MR) is 157 cm³/mol. The van der Waals surface area contributed by atoms with Crippen LogP contribution in [0.5, 0.6) is 11.5 Å². The Labute approximate surface area is 241 Å². The third-order valence-corrected chi connectivity index (χ3v) is 7.11. The van der Waals surface area contributed by atoms with Gasteiger partial charge in [0.2, 0.25) is 5.82 Å². The molecule has 0 aliphatic rings. The van der Waals surface area contributed by atoms with Crippen molar-refractivity contribution in [1.29, 1.82) is 0 Å². The molecular weight excluding hydrogens is 529 g/mol. The highest BCUT2D eigenvalue weighted by Crippen LogP contribution is 2.35. The van der Waals surface area contributed by atoms with Gasteiger partial charge in [-0.15, -0.1) is 0 Å². The topological polar surface area (TPSA) is 55.8 Å². The molecule has 0 heterocycles. The maximum Gasteiger partial charge on any atom is 0.336 e. The van der Waals surface area contributed by atoms with Gasteiger partial charge in [0, 0.05) is 5.56 Å². The minimum atomic E-state index is -1.29. The number of carboxylic acids is 1. The van der Waals surface area contributed by atoms with E-state index in [0.29, 0.717) is 17.7 Å². The van der Waals surface area contributed by atoms with Crippen molar-refractivity contribution in [2.45, 2.75) is 84.5 Å². The number of carboxylic acid groups (broad SMARTS) is 1. The van der Waals surface area contributed by atoms with E-state index in [4.69, 9.17) is 9.47 Å². The Kier molecular flexibility index (Phi) is 13.1. The molecule has 41 heavy (non-hydrogen) atoms. The van der Waals surface area contributed by atoms with Crippen LogP contribution in [-0.2, 0) is 0 Å². The lowest BCUT2D eigenvalue weighted by molar-refractivity contribution is 0.0697. The van der Waals surface area contributed by atoms with Crippen molar-refractivity contribution < 1.29 is 32.5 Å². The maximum absolute atomic E-state index is 15.2. The van der Waals surface area contributed by atoms with Crippen LogP contribution < -0.4 is 9.47 Å². The summed E-state index contributed by atoms with van der Waals surface area (Å²) in [4.78, 5) is 11.9. The first-order valence-electron chi connectivity index (χ1n) is 14.8. The highest BCUT2D eigenvalue weighted by molar-refractivity contribution is 5.97. The summed E-state index contributed by atoms with van der Waals surface area (Å²) in [5.41, 5.74) is 0.490. The molecule has 0 radical (unpaired) electrons. The number of hydrogen-bond donors (Lipinski definition) is 1. The van der Waals surface area contributed by atoms with Crippen molar-refractivity contribution in [3.05, 3.63) is 71.5 Å². The van der Waals surface area contributed by atoms with Gasteiger partial charge in [-0.3, -0.25) is 0 Å². The Morgan fingerprint density at radius 3 is 1.78 bits per heavy atom. The average Bonchev–Trinajstić information content (AvgIpc) is 2.97. The smallest absolute Gasteiger partial charge is 0.336 e. The molecule has 0 spiro atoms. The second-order valence-corrected chi connectivity index (χ2v) is 10.3. The summed E-state index contributed by atoms with van der Waals surface area (Å²) in [6.07, 6.45) is 11.5. The fourth-order valence-corrected chi connectivity index (χ4v) is 4.73. The summed E-state index contributed by atoms with van der Waals surface area (Å²) in [6.45, 7) is 4.97. The van der Waals surface area contributed by atoms with E-state index in [1.807, 2.05) is 0 Å². The van der Waals surface area contributed by atoms with Crippen LogP contribution in [0.3, 0.4) is 0 Å². The van der Waals surface area contributed by atoms with E-state index in [9.17, 15) is 18.7 Å². The summed E-state index contributed by atoms with van der Waals surface area (Å²) in [5, 5.41) is 9.74. The number of carbonyl (C=O) groups is 1. The highest BCUT2D eigenvalue weighted by atomic mass is 19.2. The van der Waals surface area contributed by atoms with Gasteiger partial charge in [-0.25, -0.2) is 13.6 Å². The summed E-state index contributed by atoms with van der Waals surface area (Å²) in [5.74, 6) is -4.28. The van der Waals surface area contributed by atoms with Crippen molar-refractivity contribution >= 4 is 5.97 Å². The van der Waals surface area contributed by atoms with Crippen molar-refractivity contribution in [3.63, 3.8) is 0 Å². The van der Waals surface area contributed by atoms with Gasteiger partial charge in [0.15, 0.2) is 23.1 Å². The predicted octanol–water partition coefficient (Wildman–Crippen LogP) is 10.2. The largest absolute Gasteiger partial charge is 0.491 e. The molecule has 7 heteroatoms. The maximum atomic E-state index is 15.2. The first-order chi connectivity index (χ1) is 19.9. The Morgan fingerprint density at radius 2 is 1.17 bits per heavy atom. The van der Waals surface area contributed by atoms with Gasteiger partial charge in [0.1, 0.15) is 0 Å². The molecular formula is C34H41F3O4. The number of hydrogen-bond acceptors (Lipinski definition) is 3. The van der Waals surface area contributed by atoms with Gasteiger partial charge in [-0.2, -0.15) is 4.39 Å².